The Morgan fingerprint density at radius 2 is 2.50 bits per heavy atom. The van der Waals surface area contributed by atoms with Crippen LogP contribution < -0.4 is 0 Å². The predicted octanol–water partition coefficient (Wildman–Crippen LogP) is 2.27. The number of thiophene rings is 1. The fourth-order valence-electron chi connectivity index (χ4n) is 0.755. The van der Waals surface area contributed by atoms with Crippen molar-refractivity contribution in [1.82, 2.24) is 0 Å². The van der Waals surface area contributed by atoms with E-state index in [0.717, 1.165) is 16.7 Å². The molecule has 10 heavy (non-hydrogen) atoms. The topological polar surface area (TPSA) is 17.1 Å². The Hall–Kier alpha value is -0.890. The number of hydrogen-bond donors (Lipinski definition) is 0. The lowest BCUT2D eigenvalue weighted by Crippen LogP contribution is -1.79. The molecule has 0 radical (unpaired) electrons. The SMILES string of the molecule is C=C(C=O)c1sccc1C. The minimum absolute atomic E-state index is 0.576. The average Bonchev–Trinajstić information content (AvgIpc) is 2.34. The molecular formula is C8H8OS. The monoisotopic (exact) mass is 152 g/mol. The minimum Gasteiger partial charge on any atom is -0.298 e. The first kappa shape index (κ1) is 7.22. The summed E-state index contributed by atoms with van der Waals surface area (Å²) < 4.78 is 0. The van der Waals surface area contributed by atoms with Gasteiger partial charge in [0.05, 0.1) is 0 Å². The molecule has 0 aliphatic rings. The lowest BCUT2D eigenvalue weighted by atomic mass is 10.2. The van der Waals surface area contributed by atoms with E-state index in [1.165, 1.54) is 0 Å². The standard InChI is InChI=1S/C8H8OS/c1-6-3-4-10-8(6)7(2)5-9/h3-5H,2H2,1H3. The lowest BCUT2D eigenvalue weighted by Gasteiger charge is -1.92. The first-order valence-electron chi connectivity index (χ1n) is 2.94. The molecule has 1 aromatic rings. The first-order chi connectivity index (χ1) is 4.75. The van der Waals surface area contributed by atoms with Crippen molar-refractivity contribution in [3.63, 3.8) is 0 Å². The second-order valence-corrected chi connectivity index (χ2v) is 2.99. The highest BCUT2D eigenvalue weighted by atomic mass is 32.1. The van der Waals surface area contributed by atoms with Crippen molar-refractivity contribution >= 4 is 23.2 Å². The van der Waals surface area contributed by atoms with Gasteiger partial charge in [-0.3, -0.25) is 4.79 Å². The van der Waals surface area contributed by atoms with E-state index >= 15 is 0 Å². The molecule has 0 fully saturated rings. The predicted molar refractivity (Wildman–Crippen MR) is 44.2 cm³/mol. The van der Waals surface area contributed by atoms with Gasteiger partial charge in [-0.2, -0.15) is 0 Å². The van der Waals surface area contributed by atoms with E-state index in [1.54, 1.807) is 11.3 Å². The second kappa shape index (κ2) is 2.80. The fourth-order valence-corrected chi connectivity index (χ4v) is 1.62. The summed E-state index contributed by atoms with van der Waals surface area (Å²) in [4.78, 5) is 11.3. The smallest absolute Gasteiger partial charge is 0.150 e. The van der Waals surface area contributed by atoms with E-state index in [0.29, 0.717) is 5.57 Å². The molecule has 0 unspecified atom stereocenters. The fraction of sp³-hybridized carbons (Fsp3) is 0.125. The van der Waals surface area contributed by atoms with Crippen molar-refractivity contribution in [3.05, 3.63) is 28.5 Å². The molecule has 1 heterocycles. The Kier molecular flexibility index (Phi) is 2.02. The summed E-state index contributed by atoms with van der Waals surface area (Å²) in [5.41, 5.74) is 1.70. The van der Waals surface area contributed by atoms with Gasteiger partial charge in [0.2, 0.25) is 0 Å². The van der Waals surface area contributed by atoms with E-state index in [1.807, 2.05) is 18.4 Å². The Morgan fingerprint density at radius 3 is 2.90 bits per heavy atom. The summed E-state index contributed by atoms with van der Waals surface area (Å²) in [6.45, 7) is 5.59. The third-order valence-electron chi connectivity index (χ3n) is 1.30. The van der Waals surface area contributed by atoms with Crippen LogP contribution in [0, 0.1) is 6.92 Å². The van der Waals surface area contributed by atoms with E-state index in [2.05, 4.69) is 6.58 Å². The molecule has 1 rings (SSSR count). The minimum atomic E-state index is 0.576. The summed E-state index contributed by atoms with van der Waals surface area (Å²) in [6, 6.07) is 1.98. The largest absolute Gasteiger partial charge is 0.298 e. The number of allylic oxidation sites excluding steroid dienone is 1. The summed E-state index contributed by atoms with van der Waals surface area (Å²) >= 11 is 1.55. The van der Waals surface area contributed by atoms with Crippen LogP contribution in [0.1, 0.15) is 10.4 Å². The van der Waals surface area contributed by atoms with Crippen LogP contribution in [0.5, 0.6) is 0 Å². The second-order valence-electron chi connectivity index (χ2n) is 2.08. The average molecular weight is 152 g/mol. The number of aryl methyl sites for hydroxylation is 1. The molecule has 0 aliphatic carbocycles. The van der Waals surface area contributed by atoms with Crippen LogP contribution in [0.2, 0.25) is 0 Å². The van der Waals surface area contributed by atoms with Crippen molar-refractivity contribution in [3.8, 4) is 0 Å². The van der Waals surface area contributed by atoms with Crippen LogP contribution >= 0.6 is 11.3 Å². The molecule has 0 amide bonds. The summed E-state index contributed by atoms with van der Waals surface area (Å²) in [5, 5.41) is 1.96. The molecule has 0 aliphatic heterocycles. The Balaban J connectivity index is 3.04. The maximum atomic E-state index is 10.3. The van der Waals surface area contributed by atoms with Gasteiger partial charge < -0.3 is 0 Å². The number of aldehydes is 1. The molecule has 0 saturated heterocycles. The molecule has 1 nitrogen and oxygen atoms in total. The zero-order chi connectivity index (χ0) is 7.56. The van der Waals surface area contributed by atoms with Gasteiger partial charge >= 0.3 is 0 Å². The normalized spacial score (nSPS) is 9.30. The zero-order valence-corrected chi connectivity index (χ0v) is 6.57. The third-order valence-corrected chi connectivity index (χ3v) is 2.39. The van der Waals surface area contributed by atoms with E-state index < -0.39 is 0 Å². The van der Waals surface area contributed by atoms with Crippen LogP contribution in [-0.4, -0.2) is 6.29 Å². The first-order valence-corrected chi connectivity index (χ1v) is 3.82. The van der Waals surface area contributed by atoms with E-state index in [-0.39, 0.29) is 0 Å². The van der Waals surface area contributed by atoms with Crippen molar-refractivity contribution < 1.29 is 4.79 Å². The van der Waals surface area contributed by atoms with Gasteiger partial charge in [0, 0.05) is 10.5 Å². The molecule has 52 valence electrons. The lowest BCUT2D eigenvalue weighted by molar-refractivity contribution is -0.103. The van der Waals surface area contributed by atoms with Crippen LogP contribution in [0.4, 0.5) is 0 Å². The molecule has 1 aromatic heterocycles. The number of rotatable bonds is 2. The van der Waals surface area contributed by atoms with Crippen LogP contribution in [0.3, 0.4) is 0 Å². The molecule has 0 bridgehead atoms. The molecule has 0 saturated carbocycles. The quantitative estimate of drug-likeness (QED) is 0.469. The van der Waals surface area contributed by atoms with Crippen LogP contribution in [-0.2, 0) is 4.79 Å². The zero-order valence-electron chi connectivity index (χ0n) is 5.76. The summed E-state index contributed by atoms with van der Waals surface area (Å²) in [7, 11) is 0. The molecule has 2 heteroatoms. The molecule has 0 N–H and O–H groups in total. The van der Waals surface area contributed by atoms with Gasteiger partial charge in [0.25, 0.3) is 0 Å². The van der Waals surface area contributed by atoms with E-state index in [9.17, 15) is 4.79 Å². The van der Waals surface area contributed by atoms with Gasteiger partial charge in [-0.1, -0.05) is 6.58 Å². The molecular weight excluding hydrogens is 144 g/mol. The van der Waals surface area contributed by atoms with E-state index in [4.69, 9.17) is 0 Å². The highest BCUT2D eigenvalue weighted by Crippen LogP contribution is 2.21. The molecule has 0 spiro atoms. The van der Waals surface area contributed by atoms with Gasteiger partial charge in [-0.25, -0.2) is 0 Å². The Labute approximate surface area is 64.0 Å². The third kappa shape index (κ3) is 1.16. The Bertz CT molecular complexity index is 260. The maximum Gasteiger partial charge on any atom is 0.150 e. The van der Waals surface area contributed by atoms with Crippen LogP contribution in [0.25, 0.3) is 5.57 Å². The highest BCUT2D eigenvalue weighted by Gasteiger charge is 2.01. The van der Waals surface area contributed by atoms with Crippen molar-refractivity contribution in [2.75, 3.05) is 0 Å². The number of carbonyl (C=O) groups excluding carboxylic acids is 1. The molecule has 0 aromatic carbocycles. The van der Waals surface area contributed by atoms with Crippen molar-refractivity contribution in [2.24, 2.45) is 0 Å². The van der Waals surface area contributed by atoms with Crippen LogP contribution in [0.15, 0.2) is 18.0 Å². The number of hydrogen-bond acceptors (Lipinski definition) is 2. The van der Waals surface area contributed by atoms with Gasteiger partial charge in [0.15, 0.2) is 6.29 Å². The maximum absolute atomic E-state index is 10.3. The van der Waals surface area contributed by atoms with Crippen molar-refractivity contribution in [2.45, 2.75) is 6.92 Å². The summed E-state index contributed by atoms with van der Waals surface area (Å²) in [5.74, 6) is 0. The van der Waals surface area contributed by atoms with Gasteiger partial charge in [-0.05, 0) is 23.9 Å². The van der Waals surface area contributed by atoms with Crippen molar-refractivity contribution in [1.29, 1.82) is 0 Å². The Morgan fingerprint density at radius 1 is 1.80 bits per heavy atom. The van der Waals surface area contributed by atoms with Gasteiger partial charge in [-0.15, -0.1) is 11.3 Å². The summed E-state index contributed by atoms with van der Waals surface area (Å²) in [6.07, 6.45) is 0.791. The molecule has 0 atom stereocenters. The highest BCUT2D eigenvalue weighted by molar-refractivity contribution is 7.11. The number of carbonyl (C=O) groups is 1. The van der Waals surface area contributed by atoms with Gasteiger partial charge in [0.1, 0.15) is 0 Å².